The van der Waals surface area contributed by atoms with Crippen LogP contribution in [0.4, 0.5) is 4.79 Å². The molecule has 1 aromatic carbocycles. The summed E-state index contributed by atoms with van der Waals surface area (Å²) in [4.78, 5) is 53.9. The van der Waals surface area contributed by atoms with Gasteiger partial charge in [-0.1, -0.05) is 24.3 Å². The van der Waals surface area contributed by atoms with Gasteiger partial charge in [0.2, 0.25) is 5.76 Å². The molecular weight excluding hydrogens is 434 g/mol. The van der Waals surface area contributed by atoms with Gasteiger partial charge in [0.05, 0.1) is 4.91 Å². The molecule has 0 aliphatic carbocycles. The van der Waals surface area contributed by atoms with Gasteiger partial charge in [-0.3, -0.25) is 24.3 Å². The first-order valence-electron chi connectivity index (χ1n) is 9.59. The summed E-state index contributed by atoms with van der Waals surface area (Å²) in [7, 11) is 0. The van der Waals surface area contributed by atoms with Crippen LogP contribution in [0.25, 0.3) is 17.0 Å². The lowest BCUT2D eigenvalue weighted by Crippen LogP contribution is -2.38. The topological polar surface area (TPSA) is 119 Å². The molecule has 162 valence electrons. The van der Waals surface area contributed by atoms with Gasteiger partial charge in [-0.05, 0) is 41.6 Å². The Morgan fingerprint density at radius 3 is 2.81 bits per heavy atom. The summed E-state index contributed by atoms with van der Waals surface area (Å²) < 4.78 is 10.3. The second kappa shape index (κ2) is 9.48. The van der Waals surface area contributed by atoms with Crippen LogP contribution >= 0.6 is 11.8 Å². The van der Waals surface area contributed by atoms with E-state index in [1.807, 2.05) is 6.07 Å². The number of rotatable bonds is 7. The van der Waals surface area contributed by atoms with Crippen LogP contribution in [0.3, 0.4) is 0 Å². The third-order valence-electron chi connectivity index (χ3n) is 4.47. The standard InChI is InChI=1S/C22H17N3O6S/c26-19(13-30-21(28)17-11-15-5-1-2-6-16(15)31-17)24-8-9-25-20(27)18(32-22(25)29)10-14-4-3-7-23-12-14/h1-7,10-12H,8-9,13H2,(H,24,26)/b18-10-. The third kappa shape index (κ3) is 4.86. The van der Waals surface area contributed by atoms with Crippen LogP contribution in [0.5, 0.6) is 0 Å². The Morgan fingerprint density at radius 1 is 1.19 bits per heavy atom. The molecule has 4 rings (SSSR count). The summed E-state index contributed by atoms with van der Waals surface area (Å²) in [6, 6.07) is 12.1. The zero-order chi connectivity index (χ0) is 22.5. The summed E-state index contributed by atoms with van der Waals surface area (Å²) in [6.45, 7) is -0.490. The number of para-hydroxylation sites is 1. The van der Waals surface area contributed by atoms with E-state index in [4.69, 9.17) is 9.15 Å². The molecule has 0 atom stereocenters. The predicted molar refractivity (Wildman–Crippen MR) is 116 cm³/mol. The Hall–Kier alpha value is -3.92. The van der Waals surface area contributed by atoms with E-state index in [-0.39, 0.29) is 23.8 Å². The number of thioether (sulfide) groups is 1. The molecule has 0 spiro atoms. The Balaban J connectivity index is 1.24. The third-order valence-corrected chi connectivity index (χ3v) is 5.38. The monoisotopic (exact) mass is 451 g/mol. The van der Waals surface area contributed by atoms with Crippen molar-refractivity contribution in [3.8, 4) is 0 Å². The van der Waals surface area contributed by atoms with Gasteiger partial charge in [-0.15, -0.1) is 0 Å². The zero-order valence-electron chi connectivity index (χ0n) is 16.6. The van der Waals surface area contributed by atoms with Crippen molar-refractivity contribution in [2.45, 2.75) is 0 Å². The number of carbonyl (C=O) groups excluding carboxylic acids is 4. The fraction of sp³-hybridized carbons (Fsp3) is 0.136. The van der Waals surface area contributed by atoms with Crippen molar-refractivity contribution in [3.05, 3.63) is 71.1 Å². The largest absolute Gasteiger partial charge is 0.450 e. The molecule has 0 radical (unpaired) electrons. The second-order valence-corrected chi connectivity index (χ2v) is 7.69. The Kier molecular flexibility index (Phi) is 6.31. The fourth-order valence-electron chi connectivity index (χ4n) is 2.95. The lowest BCUT2D eigenvalue weighted by molar-refractivity contribution is -0.125. The number of esters is 1. The van der Waals surface area contributed by atoms with Gasteiger partial charge in [-0.25, -0.2) is 4.79 Å². The van der Waals surface area contributed by atoms with Crippen molar-refractivity contribution in [2.75, 3.05) is 19.7 Å². The van der Waals surface area contributed by atoms with E-state index in [2.05, 4.69) is 10.3 Å². The summed E-state index contributed by atoms with van der Waals surface area (Å²) in [5.41, 5.74) is 1.25. The van der Waals surface area contributed by atoms with Crippen LogP contribution in [0.1, 0.15) is 16.1 Å². The number of nitrogens with zero attached hydrogens (tertiary/aromatic N) is 2. The number of fused-ring (bicyclic) bond motifs is 1. The van der Waals surface area contributed by atoms with Crippen LogP contribution in [0.2, 0.25) is 0 Å². The van der Waals surface area contributed by atoms with E-state index in [0.29, 0.717) is 11.1 Å². The Morgan fingerprint density at radius 2 is 2.03 bits per heavy atom. The van der Waals surface area contributed by atoms with Gasteiger partial charge < -0.3 is 14.5 Å². The lowest BCUT2D eigenvalue weighted by atomic mass is 10.2. The maximum atomic E-state index is 12.4. The second-order valence-electron chi connectivity index (χ2n) is 6.69. The molecule has 1 aliphatic rings. The smallest absolute Gasteiger partial charge is 0.374 e. The zero-order valence-corrected chi connectivity index (χ0v) is 17.5. The van der Waals surface area contributed by atoms with Crippen LogP contribution in [0.15, 0.2) is 64.2 Å². The number of nitrogens with one attached hydrogen (secondary N) is 1. The van der Waals surface area contributed by atoms with Crippen molar-refractivity contribution < 1.29 is 28.3 Å². The van der Waals surface area contributed by atoms with E-state index < -0.39 is 29.6 Å². The molecule has 3 heterocycles. The van der Waals surface area contributed by atoms with Gasteiger partial charge in [0.15, 0.2) is 6.61 Å². The first kappa shape index (κ1) is 21.3. The molecule has 1 fully saturated rings. The van der Waals surface area contributed by atoms with Gasteiger partial charge in [0, 0.05) is 30.9 Å². The summed E-state index contributed by atoms with van der Waals surface area (Å²) in [6.07, 6.45) is 4.79. The molecule has 2 aromatic heterocycles. The van der Waals surface area contributed by atoms with Crippen molar-refractivity contribution in [1.82, 2.24) is 15.2 Å². The van der Waals surface area contributed by atoms with Crippen molar-refractivity contribution in [3.63, 3.8) is 0 Å². The molecule has 0 unspecified atom stereocenters. The molecule has 1 N–H and O–H groups in total. The van der Waals surface area contributed by atoms with E-state index in [9.17, 15) is 19.2 Å². The van der Waals surface area contributed by atoms with E-state index in [0.717, 1.165) is 22.0 Å². The highest BCUT2D eigenvalue weighted by molar-refractivity contribution is 8.18. The minimum atomic E-state index is -0.761. The predicted octanol–water partition coefficient (Wildman–Crippen LogP) is 2.84. The Bertz CT molecular complexity index is 1190. The highest BCUT2D eigenvalue weighted by Gasteiger charge is 2.34. The molecule has 1 aliphatic heterocycles. The van der Waals surface area contributed by atoms with Crippen molar-refractivity contribution in [1.29, 1.82) is 0 Å². The number of pyridine rings is 1. The van der Waals surface area contributed by atoms with Crippen LogP contribution in [-0.2, 0) is 14.3 Å². The number of carbonyl (C=O) groups is 4. The highest BCUT2D eigenvalue weighted by Crippen LogP contribution is 2.31. The van der Waals surface area contributed by atoms with Crippen molar-refractivity contribution >= 4 is 51.8 Å². The SMILES string of the molecule is O=C(COC(=O)c1cc2ccccc2o1)NCCN1C(=O)S/C(=C\c2cccnc2)C1=O. The molecule has 0 saturated carbocycles. The highest BCUT2D eigenvalue weighted by atomic mass is 32.2. The minimum Gasteiger partial charge on any atom is -0.450 e. The number of aromatic nitrogens is 1. The summed E-state index contributed by atoms with van der Waals surface area (Å²) in [5, 5.41) is 2.85. The molecule has 9 nitrogen and oxygen atoms in total. The number of hydrogen-bond acceptors (Lipinski definition) is 8. The quantitative estimate of drug-likeness (QED) is 0.430. The van der Waals surface area contributed by atoms with Crippen molar-refractivity contribution in [2.24, 2.45) is 0 Å². The summed E-state index contributed by atoms with van der Waals surface area (Å²) in [5.74, 6) is -1.76. The first-order valence-corrected chi connectivity index (χ1v) is 10.4. The first-order chi connectivity index (χ1) is 15.5. The van der Waals surface area contributed by atoms with E-state index in [1.54, 1.807) is 48.8 Å². The van der Waals surface area contributed by atoms with E-state index in [1.165, 1.54) is 6.07 Å². The van der Waals surface area contributed by atoms with Crippen LogP contribution < -0.4 is 5.32 Å². The van der Waals surface area contributed by atoms with Gasteiger partial charge in [0.25, 0.3) is 17.1 Å². The number of benzene rings is 1. The fourth-order valence-corrected chi connectivity index (χ4v) is 3.81. The molecule has 3 aromatic rings. The van der Waals surface area contributed by atoms with Crippen LogP contribution in [-0.4, -0.2) is 52.6 Å². The number of amides is 3. The van der Waals surface area contributed by atoms with Gasteiger partial charge >= 0.3 is 5.97 Å². The summed E-state index contributed by atoms with van der Waals surface area (Å²) >= 11 is 0.827. The van der Waals surface area contributed by atoms with Gasteiger partial charge in [0.1, 0.15) is 5.58 Å². The number of imide groups is 1. The lowest BCUT2D eigenvalue weighted by Gasteiger charge is -2.12. The average Bonchev–Trinajstić information content (AvgIpc) is 3.34. The minimum absolute atomic E-state index is 0.00168. The van der Waals surface area contributed by atoms with E-state index >= 15 is 0 Å². The number of ether oxygens (including phenoxy) is 1. The molecule has 32 heavy (non-hydrogen) atoms. The maximum Gasteiger partial charge on any atom is 0.374 e. The van der Waals surface area contributed by atoms with Crippen LogP contribution in [0, 0.1) is 0 Å². The molecule has 3 amide bonds. The molecule has 1 saturated heterocycles. The Labute approximate surface area is 186 Å². The number of hydrogen-bond donors (Lipinski definition) is 1. The molecular formula is C22H17N3O6S. The molecule has 0 bridgehead atoms. The molecule has 10 heteroatoms. The average molecular weight is 451 g/mol. The van der Waals surface area contributed by atoms with Gasteiger partial charge in [-0.2, -0.15) is 0 Å². The normalized spacial score (nSPS) is 14.9. The maximum absolute atomic E-state index is 12.4. The number of furan rings is 1.